The van der Waals surface area contributed by atoms with Gasteiger partial charge in [-0.2, -0.15) is 0 Å². The Morgan fingerprint density at radius 2 is 1.74 bits per heavy atom. The summed E-state index contributed by atoms with van der Waals surface area (Å²) in [7, 11) is 2.08. The van der Waals surface area contributed by atoms with Crippen LogP contribution >= 0.6 is 11.5 Å². The molecular weight excluding hydrogens is 412 g/mol. The Balaban J connectivity index is 1.33. The van der Waals surface area contributed by atoms with Crippen LogP contribution in [0.1, 0.15) is 63.5 Å². The van der Waals surface area contributed by atoms with Gasteiger partial charge in [0, 0.05) is 57.1 Å². The fraction of sp³-hybridized carbons (Fsp3) is 0.591. The van der Waals surface area contributed by atoms with E-state index in [1.165, 1.54) is 11.5 Å². The van der Waals surface area contributed by atoms with Gasteiger partial charge in [0.2, 0.25) is 0 Å². The van der Waals surface area contributed by atoms with Crippen LogP contribution in [0.4, 0.5) is 0 Å². The first kappa shape index (κ1) is 21.8. The zero-order valence-corrected chi connectivity index (χ0v) is 19.1. The van der Waals surface area contributed by atoms with Crippen molar-refractivity contribution in [2.75, 3.05) is 46.3 Å². The number of aryl methyl sites for hydroxylation is 1. The standard InChI is InChI=1S/C22H30N6O2S/c1-3-4-19-20(31-25-24-19)22(30)27-9-7-16(8-10-27)18-6-5-17(15-23-18)21(29)28-13-11-26(2)12-14-28/h5-6,15-16H,3-4,7-14H2,1-2H3. The molecule has 2 amide bonds. The second-order valence-electron chi connectivity index (χ2n) is 8.43. The molecule has 31 heavy (non-hydrogen) atoms. The van der Waals surface area contributed by atoms with Gasteiger partial charge in [0.05, 0.1) is 11.3 Å². The van der Waals surface area contributed by atoms with Crippen LogP contribution in [0.15, 0.2) is 18.3 Å². The number of carbonyl (C=O) groups is 2. The first-order valence-corrected chi connectivity index (χ1v) is 11.9. The topological polar surface area (TPSA) is 82.5 Å². The number of piperidine rings is 1. The fourth-order valence-corrected chi connectivity index (χ4v) is 4.94. The van der Waals surface area contributed by atoms with Gasteiger partial charge < -0.3 is 14.7 Å². The molecule has 2 aliphatic heterocycles. The normalized spacial score (nSPS) is 18.4. The van der Waals surface area contributed by atoms with E-state index in [9.17, 15) is 9.59 Å². The summed E-state index contributed by atoms with van der Waals surface area (Å²) in [6.07, 6.45) is 5.21. The lowest BCUT2D eigenvalue weighted by molar-refractivity contribution is 0.0662. The summed E-state index contributed by atoms with van der Waals surface area (Å²) in [6.45, 7) is 6.83. The summed E-state index contributed by atoms with van der Waals surface area (Å²) >= 11 is 1.20. The molecule has 0 unspecified atom stereocenters. The molecular formula is C22H30N6O2S. The van der Waals surface area contributed by atoms with Crippen LogP contribution in [0.3, 0.4) is 0 Å². The van der Waals surface area contributed by atoms with Crippen LogP contribution in [-0.2, 0) is 6.42 Å². The number of aromatic nitrogens is 3. The highest BCUT2D eigenvalue weighted by molar-refractivity contribution is 7.08. The van der Waals surface area contributed by atoms with E-state index in [-0.39, 0.29) is 11.8 Å². The summed E-state index contributed by atoms with van der Waals surface area (Å²) < 4.78 is 3.98. The fourth-order valence-electron chi connectivity index (χ4n) is 4.26. The highest BCUT2D eigenvalue weighted by Gasteiger charge is 2.28. The molecule has 0 bridgehead atoms. The molecule has 0 radical (unpaired) electrons. The summed E-state index contributed by atoms with van der Waals surface area (Å²) in [6, 6.07) is 3.89. The molecule has 0 aromatic carbocycles. The maximum atomic E-state index is 12.9. The number of likely N-dealkylation sites (N-methyl/N-ethyl adjacent to an activating group) is 1. The number of likely N-dealkylation sites (tertiary alicyclic amines) is 1. The van der Waals surface area contributed by atoms with Crippen molar-refractivity contribution >= 4 is 23.3 Å². The quantitative estimate of drug-likeness (QED) is 0.707. The van der Waals surface area contributed by atoms with E-state index in [2.05, 4.69) is 33.4 Å². The number of rotatable bonds is 5. The molecule has 2 fully saturated rings. The molecule has 4 heterocycles. The largest absolute Gasteiger partial charge is 0.338 e. The molecule has 8 nitrogen and oxygen atoms in total. The SMILES string of the molecule is CCCc1nnsc1C(=O)N1CCC(c2ccc(C(=O)N3CCN(C)CC3)cn2)CC1. The minimum Gasteiger partial charge on any atom is -0.338 e. The van der Waals surface area contributed by atoms with Crippen molar-refractivity contribution in [2.24, 2.45) is 0 Å². The van der Waals surface area contributed by atoms with Crippen LogP contribution in [0, 0.1) is 0 Å². The highest BCUT2D eigenvalue weighted by atomic mass is 32.1. The number of pyridine rings is 1. The Morgan fingerprint density at radius 1 is 1.03 bits per heavy atom. The third kappa shape index (κ3) is 4.93. The molecule has 0 spiro atoms. The van der Waals surface area contributed by atoms with Crippen molar-refractivity contribution < 1.29 is 9.59 Å². The molecule has 166 valence electrons. The molecule has 2 aromatic heterocycles. The Labute approximate surface area is 187 Å². The molecule has 0 aliphatic carbocycles. The first-order valence-electron chi connectivity index (χ1n) is 11.1. The third-order valence-electron chi connectivity index (χ3n) is 6.26. The minimum absolute atomic E-state index is 0.0537. The molecule has 9 heteroatoms. The van der Waals surface area contributed by atoms with Crippen molar-refractivity contribution in [2.45, 2.75) is 38.5 Å². The average molecular weight is 443 g/mol. The smallest absolute Gasteiger partial charge is 0.267 e. The predicted octanol–water partition coefficient (Wildman–Crippen LogP) is 2.29. The predicted molar refractivity (Wildman–Crippen MR) is 119 cm³/mol. The maximum absolute atomic E-state index is 12.9. The molecule has 4 rings (SSSR count). The number of carbonyl (C=O) groups excluding carboxylic acids is 2. The summed E-state index contributed by atoms with van der Waals surface area (Å²) in [5, 5.41) is 4.12. The maximum Gasteiger partial charge on any atom is 0.267 e. The summed E-state index contributed by atoms with van der Waals surface area (Å²) in [5.41, 5.74) is 2.48. The monoisotopic (exact) mass is 442 g/mol. The van der Waals surface area contributed by atoms with Crippen molar-refractivity contribution in [3.63, 3.8) is 0 Å². The number of amides is 2. The van der Waals surface area contributed by atoms with Gasteiger partial charge in [0.15, 0.2) is 0 Å². The molecule has 0 N–H and O–H groups in total. The van der Waals surface area contributed by atoms with Gasteiger partial charge in [0.25, 0.3) is 11.8 Å². The lowest BCUT2D eigenvalue weighted by Crippen LogP contribution is -2.47. The second-order valence-corrected chi connectivity index (χ2v) is 9.19. The zero-order chi connectivity index (χ0) is 21.8. The van der Waals surface area contributed by atoms with E-state index in [1.807, 2.05) is 21.9 Å². The molecule has 0 saturated carbocycles. The van der Waals surface area contributed by atoms with Crippen LogP contribution in [0.25, 0.3) is 0 Å². The number of hydrogen-bond donors (Lipinski definition) is 0. The Kier molecular flexibility index (Phi) is 6.92. The van der Waals surface area contributed by atoms with Crippen molar-refractivity contribution in [1.82, 2.24) is 29.3 Å². The van der Waals surface area contributed by atoms with E-state index in [1.54, 1.807) is 6.20 Å². The summed E-state index contributed by atoms with van der Waals surface area (Å²) in [4.78, 5) is 36.9. The van der Waals surface area contributed by atoms with Crippen molar-refractivity contribution in [1.29, 1.82) is 0 Å². The van der Waals surface area contributed by atoms with Gasteiger partial charge in [0.1, 0.15) is 4.88 Å². The van der Waals surface area contributed by atoms with E-state index in [4.69, 9.17) is 0 Å². The Morgan fingerprint density at radius 3 is 2.39 bits per heavy atom. The average Bonchev–Trinajstić information content (AvgIpc) is 3.27. The van der Waals surface area contributed by atoms with E-state index in [0.29, 0.717) is 29.4 Å². The van der Waals surface area contributed by atoms with Gasteiger partial charge in [-0.05, 0) is 50.0 Å². The summed E-state index contributed by atoms with van der Waals surface area (Å²) in [5.74, 6) is 0.429. The van der Waals surface area contributed by atoms with Crippen molar-refractivity contribution in [3.8, 4) is 0 Å². The van der Waals surface area contributed by atoms with Gasteiger partial charge in [-0.25, -0.2) is 0 Å². The highest BCUT2D eigenvalue weighted by Crippen LogP contribution is 2.28. The minimum atomic E-state index is 0.0537. The van der Waals surface area contributed by atoms with Gasteiger partial charge in [-0.15, -0.1) is 5.10 Å². The molecule has 0 atom stereocenters. The number of hydrogen-bond acceptors (Lipinski definition) is 7. The zero-order valence-electron chi connectivity index (χ0n) is 18.3. The molecule has 2 saturated heterocycles. The van der Waals surface area contributed by atoms with Gasteiger partial charge in [-0.3, -0.25) is 14.6 Å². The van der Waals surface area contributed by atoms with Crippen LogP contribution in [-0.4, -0.2) is 87.4 Å². The van der Waals surface area contributed by atoms with E-state index < -0.39 is 0 Å². The number of piperazine rings is 1. The van der Waals surface area contributed by atoms with Crippen LogP contribution in [0.2, 0.25) is 0 Å². The lowest BCUT2D eigenvalue weighted by atomic mass is 9.92. The van der Waals surface area contributed by atoms with E-state index >= 15 is 0 Å². The Hall–Kier alpha value is -2.39. The first-order chi connectivity index (χ1) is 15.1. The third-order valence-corrected chi connectivity index (χ3v) is 7.02. The van der Waals surface area contributed by atoms with E-state index in [0.717, 1.165) is 63.3 Å². The van der Waals surface area contributed by atoms with Gasteiger partial charge >= 0.3 is 0 Å². The molecule has 2 aromatic rings. The van der Waals surface area contributed by atoms with Gasteiger partial charge in [-0.1, -0.05) is 17.8 Å². The second kappa shape index (κ2) is 9.82. The number of nitrogens with zero attached hydrogens (tertiary/aromatic N) is 6. The molecule has 2 aliphatic rings. The van der Waals surface area contributed by atoms with Crippen molar-refractivity contribution in [3.05, 3.63) is 40.2 Å². The van der Waals surface area contributed by atoms with Crippen LogP contribution in [0.5, 0.6) is 0 Å². The lowest BCUT2D eigenvalue weighted by Gasteiger charge is -2.32. The Bertz CT molecular complexity index is 899. The van der Waals surface area contributed by atoms with Crippen LogP contribution < -0.4 is 0 Å².